The van der Waals surface area contributed by atoms with Crippen molar-refractivity contribution in [2.75, 3.05) is 39.4 Å². The second kappa shape index (κ2) is 30.4. The molecule has 1 saturated heterocycles. The molecule has 6 heteroatoms. The highest BCUT2D eigenvalue weighted by molar-refractivity contribution is 7.51. The Bertz CT molecular complexity index is 606. The van der Waals surface area contributed by atoms with Gasteiger partial charge in [-0.05, 0) is 70.0 Å². The molecule has 0 radical (unpaired) electrons. The molecule has 0 aliphatic carbocycles. The van der Waals surface area contributed by atoms with Gasteiger partial charge in [-0.15, -0.1) is 0 Å². The molecule has 1 N–H and O–H groups in total. The molecule has 1 fully saturated rings. The number of hydrogen-bond donors (Lipinski definition) is 1. The SMILES string of the molecule is CCCCCCCCC(CCCCCC)COP(=O)(NCCCN1CCC1)OCC(CCCCCC)CCCCCCCC. The van der Waals surface area contributed by atoms with Crippen LogP contribution in [0.25, 0.3) is 0 Å². The third-order valence-corrected chi connectivity index (χ3v) is 11.3. The first kappa shape index (κ1) is 42.1. The Kier molecular flexibility index (Phi) is 29.1. The van der Waals surface area contributed by atoms with Gasteiger partial charge in [0.25, 0.3) is 0 Å². The molecule has 0 aromatic carbocycles. The van der Waals surface area contributed by atoms with Crippen LogP contribution in [0.3, 0.4) is 0 Å². The maximum Gasteiger partial charge on any atom is 0.405 e. The van der Waals surface area contributed by atoms with Gasteiger partial charge >= 0.3 is 7.75 Å². The maximum atomic E-state index is 14.2. The summed E-state index contributed by atoms with van der Waals surface area (Å²) in [4.78, 5) is 2.48. The minimum absolute atomic E-state index is 0.478. The molecular formula is C38H79N2O3P. The monoisotopic (exact) mass is 643 g/mol. The van der Waals surface area contributed by atoms with Crippen LogP contribution < -0.4 is 5.09 Å². The first-order valence-electron chi connectivity index (χ1n) is 19.9. The molecular weight excluding hydrogens is 563 g/mol. The van der Waals surface area contributed by atoms with Crippen LogP contribution in [-0.4, -0.2) is 44.3 Å². The van der Waals surface area contributed by atoms with Gasteiger partial charge in [0.15, 0.2) is 0 Å². The lowest BCUT2D eigenvalue weighted by Gasteiger charge is -2.31. The summed E-state index contributed by atoms with van der Waals surface area (Å²) in [5.74, 6) is 0.955. The maximum absolute atomic E-state index is 14.2. The van der Waals surface area contributed by atoms with E-state index in [0.717, 1.165) is 13.0 Å². The van der Waals surface area contributed by atoms with Gasteiger partial charge in [0.2, 0.25) is 0 Å². The van der Waals surface area contributed by atoms with Gasteiger partial charge in [0.1, 0.15) is 0 Å². The van der Waals surface area contributed by atoms with E-state index in [1.165, 1.54) is 174 Å². The van der Waals surface area contributed by atoms with Crippen molar-refractivity contribution in [3.05, 3.63) is 0 Å². The van der Waals surface area contributed by atoms with E-state index in [9.17, 15) is 4.57 Å². The van der Waals surface area contributed by atoms with Crippen LogP contribution in [-0.2, 0) is 13.6 Å². The van der Waals surface area contributed by atoms with Crippen molar-refractivity contribution in [3.63, 3.8) is 0 Å². The van der Waals surface area contributed by atoms with Crippen LogP contribution in [0.2, 0.25) is 0 Å². The molecule has 0 spiro atoms. The number of hydrogen-bond acceptors (Lipinski definition) is 4. The molecule has 44 heavy (non-hydrogen) atoms. The third kappa shape index (κ3) is 24.3. The van der Waals surface area contributed by atoms with Crippen molar-refractivity contribution in [2.45, 2.75) is 195 Å². The zero-order valence-corrected chi connectivity index (χ0v) is 31.3. The Hall–Kier alpha value is 0.0700. The van der Waals surface area contributed by atoms with Crippen molar-refractivity contribution in [2.24, 2.45) is 11.8 Å². The summed E-state index contributed by atoms with van der Waals surface area (Å²) in [6, 6.07) is 0. The number of rotatable bonds is 35. The molecule has 1 rings (SSSR count). The smallest absolute Gasteiger partial charge is 0.303 e. The Balaban J connectivity index is 2.74. The Morgan fingerprint density at radius 2 is 0.909 bits per heavy atom. The molecule has 1 aliphatic rings. The lowest BCUT2D eigenvalue weighted by atomic mass is 9.95. The van der Waals surface area contributed by atoms with Crippen LogP contribution in [0, 0.1) is 11.8 Å². The fraction of sp³-hybridized carbons (Fsp3) is 1.00. The molecule has 0 aromatic heterocycles. The van der Waals surface area contributed by atoms with Gasteiger partial charge < -0.3 is 4.90 Å². The van der Waals surface area contributed by atoms with Gasteiger partial charge in [-0.1, -0.05) is 156 Å². The molecule has 2 atom stereocenters. The highest BCUT2D eigenvalue weighted by atomic mass is 31.2. The van der Waals surface area contributed by atoms with Crippen LogP contribution in [0.15, 0.2) is 0 Å². The molecule has 0 bridgehead atoms. The van der Waals surface area contributed by atoms with Gasteiger partial charge in [0.05, 0.1) is 13.2 Å². The van der Waals surface area contributed by atoms with Crippen molar-refractivity contribution >= 4 is 7.75 Å². The predicted molar refractivity (Wildman–Crippen MR) is 194 cm³/mol. The van der Waals surface area contributed by atoms with Gasteiger partial charge in [-0.3, -0.25) is 9.05 Å². The predicted octanol–water partition coefficient (Wildman–Crippen LogP) is 12.5. The Morgan fingerprint density at radius 1 is 0.545 bits per heavy atom. The number of likely N-dealkylation sites (tertiary alicyclic amines) is 1. The molecule has 2 unspecified atom stereocenters. The topological polar surface area (TPSA) is 50.8 Å². The lowest BCUT2D eigenvalue weighted by Crippen LogP contribution is -2.38. The lowest BCUT2D eigenvalue weighted by molar-refractivity contribution is 0.139. The zero-order valence-electron chi connectivity index (χ0n) is 30.4. The standard InChI is InChI=1S/C38H79N2O3P/c1-5-9-13-17-19-23-29-37(27-21-15-11-7-3)35-42-44(41,39-31-25-32-40-33-26-34-40)43-36-38(28-22-16-12-8-4)30-24-20-18-14-10-6-2/h37-38H,5-36H2,1-4H3,(H,39,41). The summed E-state index contributed by atoms with van der Waals surface area (Å²) < 4.78 is 27.0. The fourth-order valence-corrected chi connectivity index (χ4v) is 7.93. The quantitative estimate of drug-likeness (QED) is 0.0550. The summed E-state index contributed by atoms with van der Waals surface area (Å²) >= 11 is 0. The van der Waals surface area contributed by atoms with Crippen molar-refractivity contribution < 1.29 is 13.6 Å². The Labute approximate surface area is 276 Å². The summed E-state index contributed by atoms with van der Waals surface area (Å²) in [6.07, 6.45) is 33.1. The molecule has 0 amide bonds. The van der Waals surface area contributed by atoms with Gasteiger partial charge in [0, 0.05) is 6.54 Å². The van der Waals surface area contributed by atoms with E-state index >= 15 is 0 Å². The van der Waals surface area contributed by atoms with E-state index in [4.69, 9.17) is 9.05 Å². The van der Waals surface area contributed by atoms with Gasteiger partial charge in [-0.2, -0.15) is 0 Å². The minimum Gasteiger partial charge on any atom is -0.303 e. The third-order valence-electron chi connectivity index (χ3n) is 9.73. The zero-order chi connectivity index (χ0) is 32.0. The molecule has 0 saturated carbocycles. The minimum atomic E-state index is -3.34. The van der Waals surface area contributed by atoms with Gasteiger partial charge in [-0.25, -0.2) is 9.65 Å². The van der Waals surface area contributed by atoms with E-state index in [1.807, 2.05) is 0 Å². The second-order valence-corrected chi connectivity index (χ2v) is 15.9. The average molecular weight is 643 g/mol. The number of nitrogens with zero attached hydrogens (tertiary/aromatic N) is 1. The fourth-order valence-electron chi connectivity index (χ4n) is 6.43. The van der Waals surface area contributed by atoms with E-state index in [2.05, 4.69) is 37.7 Å². The highest BCUT2D eigenvalue weighted by Gasteiger charge is 2.28. The van der Waals surface area contributed by atoms with E-state index in [1.54, 1.807) is 0 Å². The summed E-state index contributed by atoms with van der Waals surface area (Å²) in [7, 11) is -3.34. The van der Waals surface area contributed by atoms with Crippen LogP contribution >= 0.6 is 7.75 Å². The molecule has 1 heterocycles. The normalized spacial score (nSPS) is 16.5. The molecule has 264 valence electrons. The van der Waals surface area contributed by atoms with Crippen LogP contribution in [0.4, 0.5) is 0 Å². The summed E-state index contributed by atoms with van der Waals surface area (Å²) in [5, 5.41) is 3.33. The van der Waals surface area contributed by atoms with E-state index in [-0.39, 0.29) is 0 Å². The number of unbranched alkanes of at least 4 members (excludes halogenated alkanes) is 16. The summed E-state index contributed by atoms with van der Waals surface area (Å²) in [5.41, 5.74) is 0. The van der Waals surface area contributed by atoms with Crippen LogP contribution in [0.5, 0.6) is 0 Å². The summed E-state index contributed by atoms with van der Waals surface area (Å²) in [6.45, 7) is 14.4. The highest BCUT2D eigenvalue weighted by Crippen LogP contribution is 2.45. The largest absolute Gasteiger partial charge is 0.405 e. The van der Waals surface area contributed by atoms with E-state index in [0.29, 0.717) is 31.6 Å². The molecule has 5 nitrogen and oxygen atoms in total. The van der Waals surface area contributed by atoms with Crippen molar-refractivity contribution in [1.82, 2.24) is 9.99 Å². The first-order valence-corrected chi connectivity index (χ1v) is 21.5. The van der Waals surface area contributed by atoms with Crippen LogP contribution in [0.1, 0.15) is 195 Å². The number of nitrogens with one attached hydrogen (secondary N) is 1. The van der Waals surface area contributed by atoms with Crippen molar-refractivity contribution in [3.8, 4) is 0 Å². The molecule has 0 aromatic rings. The average Bonchev–Trinajstić information content (AvgIpc) is 3.00. The molecule has 1 aliphatic heterocycles. The second-order valence-electron chi connectivity index (χ2n) is 14.1. The van der Waals surface area contributed by atoms with E-state index < -0.39 is 7.75 Å². The first-order chi connectivity index (χ1) is 21.6. The van der Waals surface area contributed by atoms with Crippen molar-refractivity contribution in [1.29, 1.82) is 0 Å². The Morgan fingerprint density at radius 3 is 1.27 bits per heavy atom.